The summed E-state index contributed by atoms with van der Waals surface area (Å²) in [4.78, 5) is 19.3. The van der Waals surface area contributed by atoms with Crippen molar-refractivity contribution >= 4 is 33.8 Å². The Balaban J connectivity index is 1.76. The number of carboxylic acids is 1. The topological polar surface area (TPSA) is 62.2 Å². The van der Waals surface area contributed by atoms with Crippen LogP contribution in [0.3, 0.4) is 0 Å². The number of nitrogens with zero attached hydrogens (tertiary/aromatic N) is 1. The molecule has 2 N–H and O–H groups in total. The van der Waals surface area contributed by atoms with E-state index in [4.69, 9.17) is 0 Å². The molecule has 0 aliphatic heterocycles. The molecule has 4 nitrogen and oxygen atoms in total. The number of hydrogen-bond donors (Lipinski definition) is 2. The first-order valence-electron chi connectivity index (χ1n) is 6.60. The fourth-order valence-electron chi connectivity index (χ4n) is 2.47. The van der Waals surface area contributed by atoms with Gasteiger partial charge in [0, 0.05) is 14.6 Å². The predicted molar refractivity (Wildman–Crippen MR) is 81.9 cm³/mol. The summed E-state index contributed by atoms with van der Waals surface area (Å²) in [5, 5.41) is 13.4. The third-order valence-corrected chi connectivity index (χ3v) is 5.79. The number of fused-ring (bicyclic) bond motifs is 1. The van der Waals surface area contributed by atoms with Crippen molar-refractivity contribution in [3.63, 3.8) is 0 Å². The molecule has 0 spiro atoms. The Morgan fingerprint density at radius 1 is 1.50 bits per heavy atom. The maximum atomic E-state index is 11.2. The Morgan fingerprint density at radius 3 is 2.95 bits per heavy atom. The van der Waals surface area contributed by atoms with Crippen LogP contribution >= 0.6 is 22.7 Å². The number of anilines is 1. The van der Waals surface area contributed by atoms with Gasteiger partial charge in [0.25, 0.3) is 0 Å². The minimum atomic E-state index is -0.762. The van der Waals surface area contributed by atoms with Crippen LogP contribution in [0.1, 0.15) is 45.6 Å². The number of thiazole rings is 1. The van der Waals surface area contributed by atoms with E-state index in [1.54, 1.807) is 22.7 Å². The summed E-state index contributed by atoms with van der Waals surface area (Å²) in [6.07, 6.45) is 1.52. The second-order valence-electron chi connectivity index (χ2n) is 5.07. The summed E-state index contributed by atoms with van der Waals surface area (Å²) in [5.74, 6) is -1.18. The average Bonchev–Trinajstić information content (AvgIpc) is 3.03. The SMILES string of the molecule is Cc1ccc(C(C)Nc2nc3c(s2)CCC3C(=O)O)s1. The molecule has 0 fully saturated rings. The molecule has 20 heavy (non-hydrogen) atoms. The Hall–Kier alpha value is -1.40. The summed E-state index contributed by atoms with van der Waals surface area (Å²) >= 11 is 3.36. The van der Waals surface area contributed by atoms with Gasteiger partial charge in [0.1, 0.15) is 5.92 Å². The normalized spacial score (nSPS) is 18.8. The first kappa shape index (κ1) is 13.6. The van der Waals surface area contributed by atoms with Crippen LogP contribution in [0.25, 0.3) is 0 Å². The number of aryl methyl sites for hydroxylation is 2. The van der Waals surface area contributed by atoms with Gasteiger partial charge >= 0.3 is 5.97 Å². The lowest BCUT2D eigenvalue weighted by Crippen LogP contribution is -2.09. The van der Waals surface area contributed by atoms with Crippen LogP contribution in [0.15, 0.2) is 12.1 Å². The Morgan fingerprint density at radius 2 is 2.30 bits per heavy atom. The van der Waals surface area contributed by atoms with E-state index in [1.807, 2.05) is 0 Å². The molecule has 2 aromatic heterocycles. The molecule has 1 aliphatic carbocycles. The summed E-state index contributed by atoms with van der Waals surface area (Å²) in [6.45, 7) is 4.20. The maximum Gasteiger partial charge on any atom is 0.312 e. The van der Waals surface area contributed by atoms with E-state index in [9.17, 15) is 9.90 Å². The van der Waals surface area contributed by atoms with E-state index >= 15 is 0 Å². The van der Waals surface area contributed by atoms with Crippen molar-refractivity contribution in [1.29, 1.82) is 0 Å². The monoisotopic (exact) mass is 308 g/mol. The first-order valence-corrected chi connectivity index (χ1v) is 8.23. The predicted octanol–water partition coefficient (Wildman–Crippen LogP) is 3.80. The van der Waals surface area contributed by atoms with E-state index < -0.39 is 11.9 Å². The van der Waals surface area contributed by atoms with Gasteiger partial charge in [0.2, 0.25) is 0 Å². The Bertz CT molecular complexity index is 647. The molecule has 106 valence electrons. The minimum Gasteiger partial charge on any atom is -0.481 e. The van der Waals surface area contributed by atoms with Gasteiger partial charge < -0.3 is 10.4 Å². The zero-order chi connectivity index (χ0) is 14.3. The molecule has 0 radical (unpaired) electrons. The molecule has 1 aliphatic rings. The van der Waals surface area contributed by atoms with Crippen LogP contribution < -0.4 is 5.32 Å². The standard InChI is InChI=1S/C14H16N2O2S2/c1-7-3-5-10(19-7)8(2)15-14-16-12-9(13(17)18)4-6-11(12)20-14/h3,5,8-9H,4,6H2,1-2H3,(H,15,16)(H,17,18). The van der Waals surface area contributed by atoms with E-state index in [-0.39, 0.29) is 6.04 Å². The molecule has 0 saturated carbocycles. The average molecular weight is 308 g/mol. The molecule has 2 heterocycles. The molecule has 0 bridgehead atoms. The van der Waals surface area contributed by atoms with Crippen LogP contribution in [0, 0.1) is 6.92 Å². The van der Waals surface area contributed by atoms with Crippen LogP contribution in [-0.2, 0) is 11.2 Å². The lowest BCUT2D eigenvalue weighted by atomic mass is 10.1. The molecule has 6 heteroatoms. The van der Waals surface area contributed by atoms with Crippen molar-refractivity contribution in [3.8, 4) is 0 Å². The van der Waals surface area contributed by atoms with Crippen LogP contribution in [0.5, 0.6) is 0 Å². The van der Waals surface area contributed by atoms with Crippen molar-refractivity contribution in [1.82, 2.24) is 4.98 Å². The van der Waals surface area contributed by atoms with E-state index in [2.05, 4.69) is 36.3 Å². The number of nitrogens with one attached hydrogen (secondary N) is 1. The molecule has 2 unspecified atom stereocenters. The molecular formula is C14H16N2O2S2. The van der Waals surface area contributed by atoms with Gasteiger partial charge in [-0.2, -0.15) is 0 Å². The summed E-state index contributed by atoms with van der Waals surface area (Å²) in [6, 6.07) is 4.43. The molecule has 2 atom stereocenters. The van der Waals surface area contributed by atoms with Crippen molar-refractivity contribution in [3.05, 3.63) is 32.5 Å². The summed E-state index contributed by atoms with van der Waals surface area (Å²) in [7, 11) is 0. The maximum absolute atomic E-state index is 11.2. The van der Waals surface area contributed by atoms with E-state index in [1.165, 1.54) is 9.75 Å². The third-order valence-electron chi connectivity index (χ3n) is 3.54. The van der Waals surface area contributed by atoms with Gasteiger partial charge in [-0.25, -0.2) is 4.98 Å². The van der Waals surface area contributed by atoms with Gasteiger partial charge in [-0.3, -0.25) is 4.79 Å². The van der Waals surface area contributed by atoms with Crippen LogP contribution in [0.4, 0.5) is 5.13 Å². The molecule has 3 rings (SSSR count). The van der Waals surface area contributed by atoms with E-state index in [0.29, 0.717) is 6.42 Å². The van der Waals surface area contributed by atoms with Crippen LogP contribution in [0.2, 0.25) is 0 Å². The highest BCUT2D eigenvalue weighted by Crippen LogP contribution is 2.39. The van der Waals surface area contributed by atoms with Crippen molar-refractivity contribution in [2.45, 2.75) is 38.6 Å². The van der Waals surface area contributed by atoms with E-state index in [0.717, 1.165) is 22.1 Å². The number of carboxylic acid groups (broad SMARTS) is 1. The molecule has 0 saturated heterocycles. The van der Waals surface area contributed by atoms with Gasteiger partial charge in [0.15, 0.2) is 5.13 Å². The Labute approximate surface area is 125 Å². The highest BCUT2D eigenvalue weighted by molar-refractivity contribution is 7.15. The second-order valence-corrected chi connectivity index (χ2v) is 7.47. The molecule has 0 amide bonds. The summed E-state index contributed by atoms with van der Waals surface area (Å²) < 4.78 is 0. The smallest absolute Gasteiger partial charge is 0.312 e. The zero-order valence-corrected chi connectivity index (χ0v) is 13.0. The highest BCUT2D eigenvalue weighted by atomic mass is 32.1. The molecular weight excluding hydrogens is 292 g/mol. The first-order chi connectivity index (χ1) is 9.54. The summed E-state index contributed by atoms with van der Waals surface area (Å²) in [5.41, 5.74) is 0.763. The zero-order valence-electron chi connectivity index (χ0n) is 11.3. The van der Waals surface area contributed by atoms with Gasteiger partial charge in [-0.1, -0.05) is 0 Å². The highest BCUT2D eigenvalue weighted by Gasteiger charge is 2.32. The second kappa shape index (κ2) is 5.18. The fraction of sp³-hybridized carbons (Fsp3) is 0.429. The molecule has 0 aromatic carbocycles. The number of aliphatic carboxylic acids is 1. The quantitative estimate of drug-likeness (QED) is 0.902. The minimum absolute atomic E-state index is 0.197. The number of carbonyl (C=O) groups is 1. The van der Waals surface area contributed by atoms with Crippen molar-refractivity contribution in [2.24, 2.45) is 0 Å². The van der Waals surface area contributed by atoms with Crippen molar-refractivity contribution < 1.29 is 9.90 Å². The fourth-order valence-corrected chi connectivity index (χ4v) is 4.48. The lowest BCUT2D eigenvalue weighted by Gasteiger charge is -2.11. The Kier molecular flexibility index (Phi) is 3.52. The van der Waals surface area contributed by atoms with Gasteiger partial charge in [0.05, 0.1) is 11.7 Å². The number of aromatic nitrogens is 1. The third kappa shape index (κ3) is 2.45. The number of rotatable bonds is 4. The lowest BCUT2D eigenvalue weighted by molar-refractivity contribution is -0.138. The number of hydrogen-bond acceptors (Lipinski definition) is 5. The van der Waals surface area contributed by atoms with Crippen molar-refractivity contribution in [2.75, 3.05) is 5.32 Å². The van der Waals surface area contributed by atoms with Gasteiger partial charge in [-0.15, -0.1) is 22.7 Å². The van der Waals surface area contributed by atoms with Gasteiger partial charge in [-0.05, 0) is 38.8 Å². The largest absolute Gasteiger partial charge is 0.481 e. The number of thiophene rings is 1. The molecule has 2 aromatic rings. The van der Waals surface area contributed by atoms with Crippen LogP contribution in [-0.4, -0.2) is 16.1 Å².